The first kappa shape index (κ1) is 11.7. The van der Waals surface area contributed by atoms with Crippen LogP contribution in [0.4, 0.5) is 0 Å². The van der Waals surface area contributed by atoms with Crippen molar-refractivity contribution in [2.24, 2.45) is 7.05 Å². The molecule has 0 aliphatic carbocycles. The first-order valence-corrected chi connectivity index (χ1v) is 6.38. The summed E-state index contributed by atoms with van der Waals surface area (Å²) in [5.41, 5.74) is 3.52. The van der Waals surface area contributed by atoms with Crippen LogP contribution in [-0.2, 0) is 11.8 Å². The summed E-state index contributed by atoms with van der Waals surface area (Å²) in [6, 6.07) is 6.71. The molecule has 1 N–H and O–H groups in total. The van der Waals surface area contributed by atoms with Crippen LogP contribution in [0.5, 0.6) is 0 Å². The van der Waals surface area contributed by atoms with Crippen LogP contribution in [0, 0.1) is 6.92 Å². The number of methoxy groups -OCH3 is 1. The molecule has 96 valence electrons. The minimum atomic E-state index is 0.299. The Labute approximate surface area is 107 Å². The summed E-state index contributed by atoms with van der Waals surface area (Å²) in [6.07, 6.45) is 1.30. The lowest BCUT2D eigenvalue weighted by atomic mass is 10.2. The average Bonchev–Trinajstić information content (AvgIpc) is 2.94. The van der Waals surface area contributed by atoms with Gasteiger partial charge in [-0.15, -0.1) is 0 Å². The van der Waals surface area contributed by atoms with Gasteiger partial charge in [0.15, 0.2) is 0 Å². The van der Waals surface area contributed by atoms with Gasteiger partial charge in [-0.3, -0.25) is 0 Å². The van der Waals surface area contributed by atoms with Gasteiger partial charge in [0.2, 0.25) is 0 Å². The molecule has 1 saturated heterocycles. The van der Waals surface area contributed by atoms with Crippen LogP contribution in [0.2, 0.25) is 0 Å². The third kappa shape index (κ3) is 1.82. The van der Waals surface area contributed by atoms with Crippen LogP contribution >= 0.6 is 0 Å². The Balaban J connectivity index is 2.00. The monoisotopic (exact) mass is 245 g/mol. The van der Waals surface area contributed by atoms with E-state index in [0.717, 1.165) is 24.3 Å². The summed E-state index contributed by atoms with van der Waals surface area (Å²) < 4.78 is 7.58. The Morgan fingerprint density at radius 2 is 2.28 bits per heavy atom. The number of hydrogen-bond donors (Lipinski definition) is 1. The number of rotatable bonds is 2. The summed E-state index contributed by atoms with van der Waals surface area (Å²) in [5, 5.41) is 3.48. The predicted octanol–water partition coefficient (Wildman–Crippen LogP) is 1.93. The molecule has 2 heterocycles. The normalized spacial score (nSPS) is 23.9. The molecule has 0 bridgehead atoms. The highest BCUT2D eigenvalue weighted by Gasteiger charge is 2.28. The molecule has 1 fully saturated rings. The minimum absolute atomic E-state index is 0.299. The second-order valence-corrected chi connectivity index (χ2v) is 5.08. The van der Waals surface area contributed by atoms with E-state index in [4.69, 9.17) is 9.72 Å². The standard InChI is InChI=1S/C14H19N3O/c1-9-4-5-13-11(6-9)16-14(17(13)2)12-7-10(18-3)8-15-12/h4-6,10,12,15H,7-8H2,1-3H3. The maximum atomic E-state index is 5.40. The summed E-state index contributed by atoms with van der Waals surface area (Å²) in [7, 11) is 3.86. The maximum Gasteiger partial charge on any atom is 0.126 e. The van der Waals surface area contributed by atoms with Crippen molar-refractivity contribution in [2.45, 2.75) is 25.5 Å². The predicted molar refractivity (Wildman–Crippen MR) is 71.6 cm³/mol. The van der Waals surface area contributed by atoms with E-state index in [1.807, 2.05) is 0 Å². The molecule has 1 aliphatic heterocycles. The summed E-state index contributed by atoms with van der Waals surface area (Å²) in [6.45, 7) is 3.01. The number of nitrogens with one attached hydrogen (secondary N) is 1. The molecular formula is C14H19N3O. The molecule has 0 amide bonds. The van der Waals surface area contributed by atoms with Gasteiger partial charge in [-0.1, -0.05) is 6.07 Å². The fourth-order valence-electron chi connectivity index (χ4n) is 2.72. The van der Waals surface area contributed by atoms with Crippen molar-refractivity contribution >= 4 is 11.0 Å². The lowest BCUT2D eigenvalue weighted by Gasteiger charge is -2.10. The van der Waals surface area contributed by atoms with Gasteiger partial charge in [-0.2, -0.15) is 0 Å². The topological polar surface area (TPSA) is 39.1 Å². The smallest absolute Gasteiger partial charge is 0.126 e. The average molecular weight is 245 g/mol. The van der Waals surface area contributed by atoms with Crippen molar-refractivity contribution in [1.29, 1.82) is 0 Å². The van der Waals surface area contributed by atoms with E-state index in [1.54, 1.807) is 7.11 Å². The van der Waals surface area contributed by atoms with E-state index in [0.29, 0.717) is 12.1 Å². The Morgan fingerprint density at radius 1 is 1.44 bits per heavy atom. The molecule has 2 atom stereocenters. The number of ether oxygens (including phenoxy) is 1. The van der Waals surface area contributed by atoms with E-state index in [2.05, 4.69) is 42.1 Å². The fraction of sp³-hybridized carbons (Fsp3) is 0.500. The Morgan fingerprint density at radius 3 is 3.00 bits per heavy atom. The van der Waals surface area contributed by atoms with Crippen molar-refractivity contribution in [3.8, 4) is 0 Å². The minimum Gasteiger partial charge on any atom is -0.380 e. The largest absolute Gasteiger partial charge is 0.380 e. The lowest BCUT2D eigenvalue weighted by Crippen LogP contribution is -2.18. The highest BCUT2D eigenvalue weighted by molar-refractivity contribution is 5.76. The Kier molecular flexibility index (Phi) is 2.84. The van der Waals surface area contributed by atoms with Crippen LogP contribution in [0.15, 0.2) is 18.2 Å². The first-order valence-electron chi connectivity index (χ1n) is 6.38. The van der Waals surface area contributed by atoms with Crippen LogP contribution < -0.4 is 5.32 Å². The van der Waals surface area contributed by atoms with Gasteiger partial charge < -0.3 is 14.6 Å². The van der Waals surface area contributed by atoms with E-state index in [1.165, 1.54) is 11.1 Å². The zero-order chi connectivity index (χ0) is 12.7. The van der Waals surface area contributed by atoms with Crippen LogP contribution in [0.25, 0.3) is 11.0 Å². The van der Waals surface area contributed by atoms with Crippen LogP contribution in [-0.4, -0.2) is 29.3 Å². The highest BCUT2D eigenvalue weighted by atomic mass is 16.5. The van der Waals surface area contributed by atoms with Gasteiger partial charge >= 0.3 is 0 Å². The lowest BCUT2D eigenvalue weighted by molar-refractivity contribution is 0.117. The van der Waals surface area contributed by atoms with E-state index in [9.17, 15) is 0 Å². The third-order valence-electron chi connectivity index (χ3n) is 3.81. The highest BCUT2D eigenvalue weighted by Crippen LogP contribution is 2.27. The summed E-state index contributed by atoms with van der Waals surface area (Å²) >= 11 is 0. The summed E-state index contributed by atoms with van der Waals surface area (Å²) in [5.74, 6) is 1.11. The van der Waals surface area contributed by atoms with Crippen molar-refractivity contribution in [2.75, 3.05) is 13.7 Å². The second-order valence-electron chi connectivity index (χ2n) is 5.08. The third-order valence-corrected chi connectivity index (χ3v) is 3.81. The molecule has 1 aromatic heterocycles. The molecule has 1 aliphatic rings. The van der Waals surface area contributed by atoms with E-state index >= 15 is 0 Å². The molecule has 1 aromatic carbocycles. The number of nitrogens with zero attached hydrogens (tertiary/aromatic N) is 2. The zero-order valence-electron chi connectivity index (χ0n) is 11.1. The molecule has 0 saturated carbocycles. The first-order chi connectivity index (χ1) is 8.69. The SMILES string of the molecule is COC1CNC(c2nc3cc(C)ccc3n2C)C1. The van der Waals surface area contributed by atoms with Gasteiger partial charge in [-0.05, 0) is 31.0 Å². The van der Waals surface area contributed by atoms with Crippen LogP contribution in [0.3, 0.4) is 0 Å². The number of fused-ring (bicyclic) bond motifs is 1. The molecule has 2 aromatic rings. The van der Waals surface area contributed by atoms with E-state index < -0.39 is 0 Å². The Hall–Kier alpha value is -1.39. The molecule has 4 nitrogen and oxygen atoms in total. The number of hydrogen-bond acceptors (Lipinski definition) is 3. The van der Waals surface area contributed by atoms with Gasteiger partial charge in [0.25, 0.3) is 0 Å². The van der Waals surface area contributed by atoms with Gasteiger partial charge in [0, 0.05) is 20.7 Å². The summed E-state index contributed by atoms with van der Waals surface area (Å²) in [4.78, 5) is 4.77. The molecular weight excluding hydrogens is 226 g/mol. The van der Waals surface area contributed by atoms with Crippen LogP contribution in [0.1, 0.15) is 23.9 Å². The van der Waals surface area contributed by atoms with Gasteiger partial charge in [-0.25, -0.2) is 4.98 Å². The molecule has 18 heavy (non-hydrogen) atoms. The number of aromatic nitrogens is 2. The van der Waals surface area contributed by atoms with Crippen molar-refractivity contribution in [3.63, 3.8) is 0 Å². The fourth-order valence-corrected chi connectivity index (χ4v) is 2.72. The number of benzene rings is 1. The maximum absolute atomic E-state index is 5.40. The molecule has 4 heteroatoms. The molecule has 0 spiro atoms. The van der Waals surface area contributed by atoms with Gasteiger partial charge in [0.1, 0.15) is 5.82 Å². The molecule has 2 unspecified atom stereocenters. The number of imidazole rings is 1. The van der Waals surface area contributed by atoms with Crippen molar-refractivity contribution < 1.29 is 4.74 Å². The molecule has 3 rings (SSSR count). The quantitative estimate of drug-likeness (QED) is 0.878. The van der Waals surface area contributed by atoms with Crippen molar-refractivity contribution in [3.05, 3.63) is 29.6 Å². The molecule has 0 radical (unpaired) electrons. The van der Waals surface area contributed by atoms with Gasteiger partial charge in [0.05, 0.1) is 23.2 Å². The van der Waals surface area contributed by atoms with Crippen molar-refractivity contribution in [1.82, 2.24) is 14.9 Å². The Bertz CT molecular complexity index is 576. The van der Waals surface area contributed by atoms with E-state index in [-0.39, 0.29) is 0 Å². The second kappa shape index (κ2) is 4.37. The zero-order valence-corrected chi connectivity index (χ0v) is 11.1. The number of aryl methyl sites for hydroxylation is 2.